The number of Topliss-reactive ketones (excluding diaryl/α,β-unsaturated/α-hetero) is 1. The number of carbonyl (C=O) groups is 1. The van der Waals surface area contributed by atoms with E-state index < -0.39 is 0 Å². The van der Waals surface area contributed by atoms with Crippen LogP contribution in [0.15, 0.2) is 42.5 Å². The van der Waals surface area contributed by atoms with E-state index in [1.165, 1.54) is 12.1 Å². The summed E-state index contributed by atoms with van der Waals surface area (Å²) in [5, 5.41) is 0. The van der Waals surface area contributed by atoms with Crippen LogP contribution in [0.1, 0.15) is 30.4 Å². The summed E-state index contributed by atoms with van der Waals surface area (Å²) in [7, 11) is 0. The van der Waals surface area contributed by atoms with Crippen molar-refractivity contribution in [2.24, 2.45) is 0 Å². The fourth-order valence-electron chi connectivity index (χ4n) is 2.54. The Labute approximate surface area is 110 Å². The molecule has 2 aromatic carbocycles. The molecular weight excluding hydrogens is 243 g/mol. The molecule has 0 bridgehead atoms. The van der Waals surface area contributed by atoms with Crippen LogP contribution < -0.4 is 4.74 Å². The van der Waals surface area contributed by atoms with E-state index in [9.17, 15) is 9.18 Å². The standard InChI is InChI=1S/C16H13FO2/c1-10(18)8-13-12-4-2-3-5-15(12)19-16-7-6-11(17)9-14(13)16/h2-7,9,13H,8H2,1H3. The summed E-state index contributed by atoms with van der Waals surface area (Å²) in [6.45, 7) is 1.55. The van der Waals surface area contributed by atoms with Gasteiger partial charge in [-0.15, -0.1) is 0 Å². The third kappa shape index (κ3) is 2.12. The Balaban J connectivity index is 2.16. The van der Waals surface area contributed by atoms with Crippen molar-refractivity contribution in [2.75, 3.05) is 0 Å². The molecule has 0 saturated carbocycles. The SMILES string of the molecule is CC(=O)CC1c2ccccc2Oc2ccc(F)cc21. The average molecular weight is 256 g/mol. The lowest BCUT2D eigenvalue weighted by Crippen LogP contribution is -2.13. The first-order valence-electron chi connectivity index (χ1n) is 6.21. The van der Waals surface area contributed by atoms with Gasteiger partial charge < -0.3 is 4.74 Å². The number of ketones is 1. The van der Waals surface area contributed by atoms with E-state index >= 15 is 0 Å². The van der Waals surface area contributed by atoms with Gasteiger partial charge in [-0.2, -0.15) is 0 Å². The Morgan fingerprint density at radius 2 is 1.89 bits per heavy atom. The average Bonchev–Trinajstić information content (AvgIpc) is 2.39. The number of hydrogen-bond donors (Lipinski definition) is 0. The van der Waals surface area contributed by atoms with Crippen LogP contribution in [0.4, 0.5) is 4.39 Å². The van der Waals surface area contributed by atoms with Crippen LogP contribution in [0.3, 0.4) is 0 Å². The first-order valence-corrected chi connectivity index (χ1v) is 6.21. The van der Waals surface area contributed by atoms with E-state index in [4.69, 9.17) is 4.74 Å². The Bertz CT molecular complexity index is 649. The van der Waals surface area contributed by atoms with E-state index in [-0.39, 0.29) is 17.5 Å². The van der Waals surface area contributed by atoms with Crippen LogP contribution in [0.2, 0.25) is 0 Å². The topological polar surface area (TPSA) is 26.3 Å². The lowest BCUT2D eigenvalue weighted by atomic mass is 9.84. The van der Waals surface area contributed by atoms with Gasteiger partial charge in [-0.05, 0) is 31.2 Å². The maximum Gasteiger partial charge on any atom is 0.131 e. The molecule has 0 fully saturated rings. The Kier molecular flexibility index (Phi) is 2.82. The van der Waals surface area contributed by atoms with Crippen molar-refractivity contribution in [3.63, 3.8) is 0 Å². The van der Waals surface area contributed by atoms with Crippen molar-refractivity contribution in [3.05, 3.63) is 59.4 Å². The molecule has 0 amide bonds. The van der Waals surface area contributed by atoms with Crippen LogP contribution in [-0.2, 0) is 4.79 Å². The number of carbonyl (C=O) groups excluding carboxylic acids is 1. The smallest absolute Gasteiger partial charge is 0.131 e. The van der Waals surface area contributed by atoms with Crippen molar-refractivity contribution in [3.8, 4) is 11.5 Å². The Morgan fingerprint density at radius 1 is 1.16 bits per heavy atom. The van der Waals surface area contributed by atoms with Gasteiger partial charge in [0.1, 0.15) is 23.1 Å². The molecule has 0 radical (unpaired) electrons. The molecule has 0 N–H and O–H groups in total. The second-order valence-electron chi connectivity index (χ2n) is 4.78. The molecule has 2 nitrogen and oxygen atoms in total. The summed E-state index contributed by atoms with van der Waals surface area (Å²) in [5.41, 5.74) is 1.68. The normalized spacial score (nSPS) is 16.2. The Morgan fingerprint density at radius 3 is 2.68 bits per heavy atom. The zero-order chi connectivity index (χ0) is 13.4. The molecule has 1 aliphatic heterocycles. The van der Waals surface area contributed by atoms with Gasteiger partial charge >= 0.3 is 0 Å². The molecule has 1 atom stereocenters. The number of hydrogen-bond acceptors (Lipinski definition) is 2. The van der Waals surface area contributed by atoms with Gasteiger partial charge in [-0.1, -0.05) is 18.2 Å². The first kappa shape index (κ1) is 11.9. The molecule has 3 rings (SSSR count). The summed E-state index contributed by atoms with van der Waals surface area (Å²) in [6.07, 6.45) is 0.358. The van der Waals surface area contributed by atoms with Gasteiger partial charge in [0.15, 0.2) is 0 Å². The number of benzene rings is 2. The molecule has 0 spiro atoms. The van der Waals surface area contributed by atoms with E-state index in [0.717, 1.165) is 16.9 Å². The van der Waals surface area contributed by atoms with E-state index in [1.807, 2.05) is 24.3 Å². The molecule has 19 heavy (non-hydrogen) atoms. The predicted octanol–water partition coefficient (Wildman–Crippen LogP) is 4.04. The lowest BCUT2D eigenvalue weighted by Gasteiger charge is -2.27. The van der Waals surface area contributed by atoms with Crippen LogP contribution in [0, 0.1) is 5.82 Å². The van der Waals surface area contributed by atoms with Crippen LogP contribution in [0.5, 0.6) is 11.5 Å². The minimum absolute atomic E-state index is 0.0805. The van der Waals surface area contributed by atoms with Crippen molar-refractivity contribution in [1.29, 1.82) is 0 Å². The summed E-state index contributed by atoms with van der Waals surface area (Å²) in [4.78, 5) is 11.5. The molecule has 0 saturated heterocycles. The highest BCUT2D eigenvalue weighted by Crippen LogP contribution is 2.45. The fraction of sp³-hybridized carbons (Fsp3) is 0.188. The third-order valence-corrected chi connectivity index (χ3v) is 3.35. The number of fused-ring (bicyclic) bond motifs is 2. The number of para-hydroxylation sites is 1. The van der Waals surface area contributed by atoms with Gasteiger partial charge in [0.2, 0.25) is 0 Å². The second kappa shape index (κ2) is 4.50. The summed E-state index contributed by atoms with van der Waals surface area (Å²) < 4.78 is 19.2. The number of ether oxygens (including phenoxy) is 1. The summed E-state index contributed by atoms with van der Waals surface area (Å²) in [6, 6.07) is 12.0. The molecule has 0 aliphatic carbocycles. The van der Waals surface area contributed by atoms with Crippen molar-refractivity contribution in [1.82, 2.24) is 0 Å². The first-order chi connectivity index (χ1) is 9.15. The third-order valence-electron chi connectivity index (χ3n) is 3.35. The van der Waals surface area contributed by atoms with Crippen LogP contribution in [0.25, 0.3) is 0 Å². The Hall–Kier alpha value is -2.16. The number of halogens is 1. The highest BCUT2D eigenvalue weighted by Gasteiger charge is 2.28. The molecule has 1 aliphatic rings. The zero-order valence-corrected chi connectivity index (χ0v) is 10.5. The lowest BCUT2D eigenvalue weighted by molar-refractivity contribution is -0.117. The minimum atomic E-state index is -0.310. The highest BCUT2D eigenvalue weighted by molar-refractivity contribution is 5.78. The van der Waals surface area contributed by atoms with E-state index in [1.54, 1.807) is 13.0 Å². The molecule has 2 aromatic rings. The molecule has 0 aromatic heterocycles. The quantitative estimate of drug-likeness (QED) is 0.810. The summed E-state index contributed by atoms with van der Waals surface area (Å²) >= 11 is 0. The zero-order valence-electron chi connectivity index (χ0n) is 10.5. The van der Waals surface area contributed by atoms with Crippen LogP contribution in [-0.4, -0.2) is 5.78 Å². The van der Waals surface area contributed by atoms with E-state index in [0.29, 0.717) is 12.2 Å². The van der Waals surface area contributed by atoms with Crippen molar-refractivity contribution in [2.45, 2.75) is 19.3 Å². The van der Waals surface area contributed by atoms with E-state index in [2.05, 4.69) is 0 Å². The fourth-order valence-corrected chi connectivity index (χ4v) is 2.54. The molecule has 3 heteroatoms. The molecule has 1 unspecified atom stereocenters. The highest BCUT2D eigenvalue weighted by atomic mass is 19.1. The van der Waals surface area contributed by atoms with Gasteiger partial charge in [-0.25, -0.2) is 4.39 Å². The monoisotopic (exact) mass is 256 g/mol. The molecule has 1 heterocycles. The number of rotatable bonds is 2. The van der Waals surface area contributed by atoms with Crippen molar-refractivity contribution < 1.29 is 13.9 Å². The van der Waals surface area contributed by atoms with Gasteiger partial charge in [0.05, 0.1) is 0 Å². The van der Waals surface area contributed by atoms with Gasteiger partial charge in [0.25, 0.3) is 0 Å². The molecular formula is C16H13FO2. The second-order valence-corrected chi connectivity index (χ2v) is 4.78. The largest absolute Gasteiger partial charge is 0.457 e. The predicted molar refractivity (Wildman–Crippen MR) is 70.1 cm³/mol. The summed E-state index contributed by atoms with van der Waals surface area (Å²) in [5.74, 6) is 1.01. The molecule has 96 valence electrons. The maximum absolute atomic E-state index is 13.4. The minimum Gasteiger partial charge on any atom is -0.457 e. The maximum atomic E-state index is 13.4. The van der Waals surface area contributed by atoms with Gasteiger partial charge in [-0.3, -0.25) is 4.79 Å². The van der Waals surface area contributed by atoms with Gasteiger partial charge in [0, 0.05) is 23.5 Å². The van der Waals surface area contributed by atoms with Crippen molar-refractivity contribution >= 4 is 5.78 Å². The van der Waals surface area contributed by atoms with Crippen LogP contribution >= 0.6 is 0 Å².